The molecule has 166 valence electrons. The largest absolute Gasteiger partial charge is 0.352 e. The van der Waals surface area contributed by atoms with Crippen molar-refractivity contribution in [2.45, 2.75) is 25.4 Å². The summed E-state index contributed by atoms with van der Waals surface area (Å²) < 4.78 is 0. The first-order valence-electron chi connectivity index (χ1n) is 10.8. The summed E-state index contributed by atoms with van der Waals surface area (Å²) in [6.07, 6.45) is 0.125. The van der Waals surface area contributed by atoms with E-state index in [1.54, 1.807) is 0 Å². The first-order chi connectivity index (χ1) is 14.9. The number of aryl methyl sites for hydroxylation is 1. The first kappa shape index (κ1) is 22.8. The van der Waals surface area contributed by atoms with Crippen LogP contribution in [0, 0.1) is 6.92 Å². The molecule has 7 heteroatoms. The third kappa shape index (κ3) is 6.80. The van der Waals surface area contributed by atoms with Gasteiger partial charge in [0.05, 0.1) is 18.5 Å². The van der Waals surface area contributed by atoms with Gasteiger partial charge >= 0.3 is 6.03 Å². The summed E-state index contributed by atoms with van der Waals surface area (Å²) in [5, 5.41) is 5.93. The standard InChI is InChI=1S/C24H33N5O2/c1-18-8-6-7-11-20(18)21(27-24(25)31)16-23(30)26-22(19-9-4-3-5-10-19)17-29-14-12-28(2)13-15-29/h3-11,21-22H,12-17H2,1-2H3,(H,26,30)(H3,25,27,31). The molecular formula is C24H33N5O2. The van der Waals surface area contributed by atoms with Crippen LogP contribution in [-0.4, -0.2) is 61.5 Å². The quantitative estimate of drug-likeness (QED) is 0.607. The Morgan fingerprint density at radius 3 is 2.23 bits per heavy atom. The topological polar surface area (TPSA) is 90.7 Å². The average molecular weight is 424 g/mol. The van der Waals surface area contributed by atoms with E-state index in [4.69, 9.17) is 5.73 Å². The number of amides is 3. The summed E-state index contributed by atoms with van der Waals surface area (Å²) >= 11 is 0. The predicted molar refractivity (Wildman–Crippen MR) is 123 cm³/mol. The molecule has 1 heterocycles. The number of urea groups is 1. The number of nitrogens with one attached hydrogen (secondary N) is 2. The highest BCUT2D eigenvalue weighted by atomic mass is 16.2. The van der Waals surface area contributed by atoms with E-state index >= 15 is 0 Å². The van der Waals surface area contributed by atoms with Crippen LogP contribution in [0.4, 0.5) is 4.79 Å². The Kier molecular flexibility index (Phi) is 8.03. The fraction of sp³-hybridized carbons (Fsp3) is 0.417. The average Bonchev–Trinajstić information content (AvgIpc) is 2.75. The molecule has 0 bridgehead atoms. The van der Waals surface area contributed by atoms with Crippen molar-refractivity contribution in [1.82, 2.24) is 20.4 Å². The second-order valence-corrected chi connectivity index (χ2v) is 8.26. The molecule has 4 N–H and O–H groups in total. The van der Waals surface area contributed by atoms with Gasteiger partial charge in [-0.05, 0) is 30.7 Å². The number of hydrogen-bond acceptors (Lipinski definition) is 4. The minimum absolute atomic E-state index is 0.120. The number of carbonyl (C=O) groups is 2. The minimum Gasteiger partial charge on any atom is -0.352 e. The van der Waals surface area contributed by atoms with E-state index in [9.17, 15) is 9.59 Å². The number of piperazine rings is 1. The smallest absolute Gasteiger partial charge is 0.312 e. The van der Waals surface area contributed by atoms with E-state index in [0.29, 0.717) is 0 Å². The zero-order valence-corrected chi connectivity index (χ0v) is 18.4. The summed E-state index contributed by atoms with van der Waals surface area (Å²) in [5.41, 5.74) is 8.37. The van der Waals surface area contributed by atoms with E-state index < -0.39 is 12.1 Å². The van der Waals surface area contributed by atoms with E-state index in [2.05, 4.69) is 27.5 Å². The van der Waals surface area contributed by atoms with Crippen molar-refractivity contribution in [2.24, 2.45) is 5.73 Å². The van der Waals surface area contributed by atoms with Crippen LogP contribution in [0.3, 0.4) is 0 Å². The molecule has 0 saturated carbocycles. The molecule has 0 aromatic heterocycles. The molecule has 0 radical (unpaired) electrons. The molecule has 3 rings (SSSR count). The van der Waals surface area contributed by atoms with Crippen LogP contribution in [-0.2, 0) is 4.79 Å². The molecule has 2 unspecified atom stereocenters. The SMILES string of the molecule is Cc1ccccc1C(CC(=O)NC(CN1CCN(C)CC1)c1ccccc1)NC(N)=O. The van der Waals surface area contributed by atoms with Crippen LogP contribution in [0.1, 0.15) is 35.2 Å². The molecule has 2 atom stereocenters. The number of carbonyl (C=O) groups excluding carboxylic acids is 2. The van der Waals surface area contributed by atoms with Crippen molar-refractivity contribution in [3.05, 3.63) is 71.3 Å². The van der Waals surface area contributed by atoms with Gasteiger partial charge in [-0.2, -0.15) is 0 Å². The van der Waals surface area contributed by atoms with E-state index in [1.165, 1.54) is 0 Å². The third-order valence-corrected chi connectivity index (χ3v) is 5.84. The van der Waals surface area contributed by atoms with Crippen LogP contribution in [0.15, 0.2) is 54.6 Å². The number of primary amides is 1. The van der Waals surface area contributed by atoms with Gasteiger partial charge in [0.1, 0.15) is 0 Å². The Balaban J connectivity index is 1.72. The maximum atomic E-state index is 13.1. The van der Waals surface area contributed by atoms with Crippen molar-refractivity contribution >= 4 is 11.9 Å². The normalized spacial score (nSPS) is 17.0. The first-order valence-corrected chi connectivity index (χ1v) is 10.8. The second kappa shape index (κ2) is 10.9. The second-order valence-electron chi connectivity index (χ2n) is 8.26. The van der Waals surface area contributed by atoms with Crippen molar-refractivity contribution in [1.29, 1.82) is 0 Å². The fourth-order valence-corrected chi connectivity index (χ4v) is 4.04. The summed E-state index contributed by atoms with van der Waals surface area (Å²) in [7, 11) is 2.13. The molecule has 0 spiro atoms. The monoisotopic (exact) mass is 423 g/mol. The minimum atomic E-state index is -0.641. The number of nitrogens with two attached hydrogens (primary N) is 1. The number of rotatable bonds is 8. The highest BCUT2D eigenvalue weighted by molar-refractivity contribution is 5.79. The Hall–Kier alpha value is -2.90. The Morgan fingerprint density at radius 2 is 1.58 bits per heavy atom. The molecule has 7 nitrogen and oxygen atoms in total. The highest BCUT2D eigenvalue weighted by Gasteiger charge is 2.24. The molecule has 3 amide bonds. The van der Waals surface area contributed by atoms with Crippen molar-refractivity contribution in [3.8, 4) is 0 Å². The number of benzene rings is 2. The van der Waals surface area contributed by atoms with Crippen molar-refractivity contribution in [2.75, 3.05) is 39.8 Å². The highest BCUT2D eigenvalue weighted by Crippen LogP contribution is 2.22. The van der Waals surface area contributed by atoms with Gasteiger partial charge < -0.3 is 21.3 Å². The fourth-order valence-electron chi connectivity index (χ4n) is 4.04. The van der Waals surface area contributed by atoms with E-state index in [1.807, 2.05) is 61.5 Å². The van der Waals surface area contributed by atoms with Crippen molar-refractivity contribution in [3.63, 3.8) is 0 Å². The lowest BCUT2D eigenvalue weighted by molar-refractivity contribution is -0.122. The summed E-state index contributed by atoms with van der Waals surface area (Å²) in [5.74, 6) is -0.120. The maximum absolute atomic E-state index is 13.1. The lowest BCUT2D eigenvalue weighted by Crippen LogP contribution is -2.48. The zero-order chi connectivity index (χ0) is 22.2. The van der Waals surface area contributed by atoms with Crippen LogP contribution in [0.2, 0.25) is 0 Å². The molecule has 2 aromatic rings. The van der Waals surface area contributed by atoms with Gasteiger partial charge in [-0.15, -0.1) is 0 Å². The zero-order valence-electron chi connectivity index (χ0n) is 18.4. The maximum Gasteiger partial charge on any atom is 0.312 e. The van der Waals surface area contributed by atoms with Gasteiger partial charge in [0.2, 0.25) is 5.91 Å². The molecular weight excluding hydrogens is 390 g/mol. The van der Waals surface area contributed by atoms with Gasteiger partial charge in [0.15, 0.2) is 0 Å². The lowest BCUT2D eigenvalue weighted by atomic mass is 9.98. The van der Waals surface area contributed by atoms with Gasteiger partial charge in [0.25, 0.3) is 0 Å². The van der Waals surface area contributed by atoms with Gasteiger partial charge in [-0.1, -0.05) is 54.6 Å². The summed E-state index contributed by atoms with van der Waals surface area (Å²) in [6.45, 7) is 6.71. The van der Waals surface area contributed by atoms with Gasteiger partial charge in [-0.25, -0.2) is 4.79 Å². The van der Waals surface area contributed by atoms with E-state index in [0.717, 1.165) is 49.4 Å². The molecule has 1 fully saturated rings. The molecule has 1 saturated heterocycles. The summed E-state index contributed by atoms with van der Waals surface area (Å²) in [4.78, 5) is 29.3. The number of nitrogens with zero attached hydrogens (tertiary/aromatic N) is 2. The Labute approximate surface area is 184 Å². The van der Waals surface area contributed by atoms with Crippen LogP contribution in [0.5, 0.6) is 0 Å². The molecule has 1 aliphatic heterocycles. The molecule has 0 aliphatic carbocycles. The number of likely N-dealkylation sites (N-methyl/N-ethyl adjacent to an activating group) is 1. The van der Waals surface area contributed by atoms with Crippen LogP contribution >= 0.6 is 0 Å². The molecule has 31 heavy (non-hydrogen) atoms. The third-order valence-electron chi connectivity index (χ3n) is 5.84. The van der Waals surface area contributed by atoms with Crippen molar-refractivity contribution < 1.29 is 9.59 Å². The van der Waals surface area contributed by atoms with Gasteiger partial charge in [-0.3, -0.25) is 9.69 Å². The number of hydrogen-bond donors (Lipinski definition) is 3. The van der Waals surface area contributed by atoms with Crippen LogP contribution < -0.4 is 16.4 Å². The molecule has 2 aromatic carbocycles. The Morgan fingerprint density at radius 1 is 0.935 bits per heavy atom. The predicted octanol–water partition coefficient (Wildman–Crippen LogP) is 2.20. The van der Waals surface area contributed by atoms with Gasteiger partial charge in [0, 0.05) is 32.7 Å². The van der Waals surface area contributed by atoms with Crippen LogP contribution in [0.25, 0.3) is 0 Å². The molecule has 1 aliphatic rings. The lowest BCUT2D eigenvalue weighted by Gasteiger charge is -2.35. The van der Waals surface area contributed by atoms with E-state index in [-0.39, 0.29) is 18.4 Å². The Bertz CT molecular complexity index is 865. The summed E-state index contributed by atoms with van der Waals surface area (Å²) in [6, 6.07) is 16.5.